The zero-order valence-corrected chi connectivity index (χ0v) is 23.0. The van der Waals surface area contributed by atoms with Gasteiger partial charge in [0, 0.05) is 35.6 Å². The molecule has 5 aromatic rings. The van der Waals surface area contributed by atoms with Gasteiger partial charge in [0.1, 0.15) is 11.6 Å². The first-order valence-corrected chi connectivity index (χ1v) is 14.7. The second-order valence-corrected chi connectivity index (χ2v) is 13.4. The van der Waals surface area contributed by atoms with Gasteiger partial charge in [-0.3, -0.25) is 0 Å². The predicted molar refractivity (Wildman–Crippen MR) is 159 cm³/mol. The van der Waals surface area contributed by atoms with Crippen LogP contribution < -0.4 is 10.6 Å². The third-order valence-electron chi connectivity index (χ3n) is 10.4. The number of piperidine rings is 2. The molecular formula is C34H34N6. The van der Waals surface area contributed by atoms with Crippen molar-refractivity contribution in [3.05, 3.63) is 84.7 Å². The zero-order chi connectivity index (χ0) is 26.6. The smallest absolute Gasteiger partial charge is 0.124 e. The number of benzene rings is 3. The van der Waals surface area contributed by atoms with Crippen LogP contribution >= 0.6 is 0 Å². The second kappa shape index (κ2) is 7.93. The van der Waals surface area contributed by atoms with E-state index in [-0.39, 0.29) is 0 Å². The Bertz CT molecular complexity index is 1780. The van der Waals surface area contributed by atoms with Crippen molar-refractivity contribution in [2.75, 3.05) is 0 Å². The molecule has 0 amide bonds. The largest absolute Gasteiger partial charge is 0.347 e. The summed E-state index contributed by atoms with van der Waals surface area (Å²) in [5.41, 5.74) is 7.71. The average molecular weight is 527 g/mol. The quantitative estimate of drug-likeness (QED) is 0.201. The molecule has 2 saturated heterocycles. The summed E-state index contributed by atoms with van der Waals surface area (Å²) in [4.78, 5) is 16.7. The molecule has 4 N–H and O–H groups in total. The lowest BCUT2D eigenvalue weighted by Crippen LogP contribution is -2.18. The Balaban J connectivity index is 0.925. The maximum absolute atomic E-state index is 4.96. The van der Waals surface area contributed by atoms with Crippen LogP contribution in [0.4, 0.5) is 0 Å². The minimum Gasteiger partial charge on any atom is -0.347 e. The van der Waals surface area contributed by atoms with Crippen molar-refractivity contribution in [1.29, 1.82) is 0 Å². The molecule has 2 aromatic heterocycles. The molecule has 0 spiro atoms. The van der Waals surface area contributed by atoms with E-state index in [1.54, 1.807) is 0 Å². The summed E-state index contributed by atoms with van der Waals surface area (Å²) in [6.07, 6.45) is 9.05. The number of H-pyrrole nitrogens is 2. The summed E-state index contributed by atoms with van der Waals surface area (Å²) in [5, 5.41) is 9.91. The van der Waals surface area contributed by atoms with Crippen LogP contribution in [0.3, 0.4) is 0 Å². The van der Waals surface area contributed by atoms with Gasteiger partial charge in [0.2, 0.25) is 0 Å². The second-order valence-electron chi connectivity index (χ2n) is 13.4. The summed E-state index contributed by atoms with van der Waals surface area (Å²) in [6.45, 7) is 4.76. The number of hydrogen-bond donors (Lipinski definition) is 4. The lowest BCUT2D eigenvalue weighted by Gasteiger charge is -2.11. The lowest BCUT2D eigenvalue weighted by atomic mass is 9.98. The van der Waals surface area contributed by atoms with Crippen molar-refractivity contribution in [3.63, 3.8) is 0 Å². The van der Waals surface area contributed by atoms with Gasteiger partial charge in [-0.25, -0.2) is 9.97 Å². The van der Waals surface area contributed by atoms with Gasteiger partial charge in [-0.1, -0.05) is 62.4 Å². The Hall–Kier alpha value is -3.74. The predicted octanol–water partition coefficient (Wildman–Crippen LogP) is 6.91. The molecule has 3 aromatic carbocycles. The molecule has 40 heavy (non-hydrogen) atoms. The Morgan fingerprint density at radius 3 is 1.60 bits per heavy atom. The number of nitrogens with one attached hydrogen (secondary N) is 4. The number of aromatic amines is 2. The molecule has 200 valence electrons. The molecule has 9 rings (SSSR count). The fourth-order valence-corrected chi connectivity index (χ4v) is 7.42. The summed E-state index contributed by atoms with van der Waals surface area (Å²) < 4.78 is 0. The van der Waals surface area contributed by atoms with E-state index in [4.69, 9.17) is 9.97 Å². The molecule has 0 bridgehead atoms. The third kappa shape index (κ3) is 3.62. The Morgan fingerprint density at radius 2 is 1.05 bits per heavy atom. The van der Waals surface area contributed by atoms with Gasteiger partial charge in [-0.2, -0.15) is 0 Å². The van der Waals surface area contributed by atoms with E-state index in [1.807, 2.05) is 6.20 Å². The SMILES string of the molecule is CC12CC(c3nc(-c4ccc(-c5ccc6cc(-c7c[nH]c([C@@H]8C[C@]9(C)C[C@@H]9N8)n7)ccc6c5)cc4)c[nH]3)N[C@H]1C2. The average Bonchev–Trinajstić information content (AvgIpc) is 3.46. The highest BCUT2D eigenvalue weighted by molar-refractivity contribution is 5.90. The summed E-state index contributed by atoms with van der Waals surface area (Å²) in [5.74, 6) is 2.13. The van der Waals surface area contributed by atoms with E-state index in [0.29, 0.717) is 35.0 Å². The van der Waals surface area contributed by atoms with Crippen molar-refractivity contribution < 1.29 is 0 Å². The first-order valence-electron chi connectivity index (χ1n) is 14.7. The van der Waals surface area contributed by atoms with Crippen molar-refractivity contribution in [3.8, 4) is 33.6 Å². The highest BCUT2D eigenvalue weighted by Gasteiger charge is 2.58. The van der Waals surface area contributed by atoms with Crippen LogP contribution in [0.25, 0.3) is 44.4 Å². The van der Waals surface area contributed by atoms with Gasteiger partial charge >= 0.3 is 0 Å². The molecule has 6 heteroatoms. The third-order valence-corrected chi connectivity index (χ3v) is 10.4. The van der Waals surface area contributed by atoms with E-state index in [9.17, 15) is 0 Å². The van der Waals surface area contributed by atoms with Crippen LogP contribution in [0.2, 0.25) is 0 Å². The van der Waals surface area contributed by atoms with Gasteiger partial charge < -0.3 is 20.6 Å². The van der Waals surface area contributed by atoms with Gasteiger partial charge in [0.25, 0.3) is 0 Å². The van der Waals surface area contributed by atoms with E-state index >= 15 is 0 Å². The number of nitrogens with zero attached hydrogens (tertiary/aromatic N) is 2. The highest BCUT2D eigenvalue weighted by atomic mass is 15.1. The molecule has 4 heterocycles. The maximum atomic E-state index is 4.96. The highest BCUT2D eigenvalue weighted by Crippen LogP contribution is 2.58. The molecule has 4 fully saturated rings. The van der Waals surface area contributed by atoms with Crippen LogP contribution in [-0.2, 0) is 0 Å². The molecule has 2 aliphatic heterocycles. The minimum absolute atomic E-state index is 0.348. The lowest BCUT2D eigenvalue weighted by molar-refractivity contribution is 0.488. The van der Waals surface area contributed by atoms with Crippen LogP contribution in [-0.4, -0.2) is 32.0 Å². The monoisotopic (exact) mass is 526 g/mol. The van der Waals surface area contributed by atoms with Crippen molar-refractivity contribution >= 4 is 10.8 Å². The van der Waals surface area contributed by atoms with Crippen molar-refractivity contribution in [2.24, 2.45) is 10.8 Å². The van der Waals surface area contributed by atoms with Crippen LogP contribution in [0.15, 0.2) is 73.1 Å². The molecule has 2 saturated carbocycles. The fourth-order valence-electron chi connectivity index (χ4n) is 7.42. The number of fused-ring (bicyclic) bond motifs is 3. The topological polar surface area (TPSA) is 81.4 Å². The van der Waals surface area contributed by atoms with Gasteiger partial charge in [0.15, 0.2) is 0 Å². The first kappa shape index (κ1) is 23.0. The van der Waals surface area contributed by atoms with Gasteiger partial charge in [0.05, 0.1) is 23.5 Å². The normalized spacial score (nSPS) is 31.9. The first-order chi connectivity index (χ1) is 19.4. The van der Waals surface area contributed by atoms with Crippen LogP contribution in [0, 0.1) is 10.8 Å². The molecule has 6 nitrogen and oxygen atoms in total. The molecular weight excluding hydrogens is 492 g/mol. The van der Waals surface area contributed by atoms with Gasteiger partial charge in [-0.05, 0) is 70.5 Å². The van der Waals surface area contributed by atoms with E-state index in [1.165, 1.54) is 47.6 Å². The number of hydrogen-bond acceptors (Lipinski definition) is 4. The van der Waals surface area contributed by atoms with E-state index in [2.05, 4.69) is 101 Å². The minimum atomic E-state index is 0.348. The Labute approximate surface area is 234 Å². The van der Waals surface area contributed by atoms with Crippen molar-refractivity contribution in [2.45, 2.75) is 63.7 Å². The summed E-state index contributed by atoms with van der Waals surface area (Å²) >= 11 is 0. The maximum Gasteiger partial charge on any atom is 0.124 e. The van der Waals surface area contributed by atoms with E-state index < -0.39 is 0 Å². The molecule has 2 unspecified atom stereocenters. The molecule has 0 radical (unpaired) electrons. The Kier molecular flexibility index (Phi) is 4.56. The van der Waals surface area contributed by atoms with Crippen LogP contribution in [0.1, 0.15) is 63.3 Å². The zero-order valence-electron chi connectivity index (χ0n) is 23.0. The van der Waals surface area contributed by atoms with Crippen LogP contribution in [0.5, 0.6) is 0 Å². The molecule has 4 aliphatic rings. The van der Waals surface area contributed by atoms with Crippen molar-refractivity contribution in [1.82, 2.24) is 30.6 Å². The fraction of sp³-hybridized carbons (Fsp3) is 0.353. The van der Waals surface area contributed by atoms with Gasteiger partial charge in [-0.15, -0.1) is 0 Å². The summed E-state index contributed by atoms with van der Waals surface area (Å²) in [6, 6.07) is 24.2. The summed E-state index contributed by atoms with van der Waals surface area (Å²) in [7, 11) is 0. The molecule has 2 aliphatic carbocycles. The standard InChI is InChI=1S/C34H34N6/c1-33-13-25(37-29(33)15-33)31-35-17-27(39-31)20-5-3-19(4-6-20)21-7-8-23-12-24(10-9-22(23)11-21)28-18-36-32(40-28)26-14-34(2)16-30(34)38-26/h3-12,17-18,25-26,29-30,37-38H,13-16H2,1-2H3,(H,35,39)(H,36,40)/t25?,26-,29-,30-,33?,34+/m0/s1. The Morgan fingerprint density at radius 1 is 0.575 bits per heavy atom. The molecule has 6 atom stereocenters. The number of rotatable bonds is 5. The number of aromatic nitrogens is 4. The van der Waals surface area contributed by atoms with E-state index in [0.717, 1.165) is 34.2 Å². The number of imidazole rings is 2.